The summed E-state index contributed by atoms with van der Waals surface area (Å²) in [5, 5.41) is 10.7. The maximum atomic E-state index is 11.6. The number of rotatable bonds is 4. The number of nitrogens with zero attached hydrogens (tertiary/aromatic N) is 4. The fourth-order valence-corrected chi connectivity index (χ4v) is 3.48. The van der Waals surface area contributed by atoms with Crippen molar-refractivity contribution in [2.24, 2.45) is 0 Å². The van der Waals surface area contributed by atoms with E-state index in [1.54, 1.807) is 6.20 Å². The second-order valence-electron chi connectivity index (χ2n) is 6.77. The monoisotopic (exact) mass is 389 g/mol. The molecule has 3 N–H and O–H groups in total. The molecule has 4 aromatic rings. The van der Waals surface area contributed by atoms with E-state index in [0.717, 1.165) is 48.4 Å². The molecule has 9 nitrogen and oxygen atoms in total. The van der Waals surface area contributed by atoms with Gasteiger partial charge in [0.1, 0.15) is 5.69 Å². The molecule has 1 amide bonds. The van der Waals surface area contributed by atoms with Crippen LogP contribution in [0.15, 0.2) is 43.1 Å². The Morgan fingerprint density at radius 1 is 1.28 bits per heavy atom. The average molecular weight is 389 g/mol. The summed E-state index contributed by atoms with van der Waals surface area (Å²) in [5.74, 6) is 0.367. The van der Waals surface area contributed by atoms with Crippen molar-refractivity contribution in [2.75, 3.05) is 36.5 Å². The Morgan fingerprint density at radius 2 is 2.14 bits per heavy atom. The molecule has 1 aliphatic heterocycles. The number of H-pyrrole nitrogens is 2. The molecule has 0 radical (unpaired) electrons. The summed E-state index contributed by atoms with van der Waals surface area (Å²) in [6.45, 7) is 6.70. The molecule has 0 bridgehead atoms. The summed E-state index contributed by atoms with van der Waals surface area (Å²) in [6, 6.07) is 8.00. The molecule has 0 unspecified atom stereocenters. The molecular weight excluding hydrogens is 370 g/mol. The van der Waals surface area contributed by atoms with Crippen molar-refractivity contribution in [1.82, 2.24) is 25.1 Å². The first kappa shape index (κ1) is 17.4. The number of pyridine rings is 1. The minimum Gasteiger partial charge on any atom is -0.378 e. The maximum Gasteiger partial charge on any atom is 0.247 e. The van der Waals surface area contributed by atoms with Crippen molar-refractivity contribution >= 4 is 39.3 Å². The van der Waals surface area contributed by atoms with Gasteiger partial charge < -0.3 is 19.9 Å². The number of hydrogen-bond donors (Lipinski definition) is 3. The van der Waals surface area contributed by atoms with Crippen LogP contribution < -0.4 is 10.2 Å². The van der Waals surface area contributed by atoms with E-state index in [9.17, 15) is 4.79 Å². The number of carbonyl (C=O) groups excluding carboxylic acids is 1. The summed E-state index contributed by atoms with van der Waals surface area (Å²) in [4.78, 5) is 26.2. The van der Waals surface area contributed by atoms with Crippen molar-refractivity contribution in [3.8, 4) is 11.5 Å². The smallest absolute Gasteiger partial charge is 0.247 e. The topological polar surface area (TPSA) is 112 Å². The molecule has 0 spiro atoms. The van der Waals surface area contributed by atoms with Gasteiger partial charge in [0.25, 0.3) is 0 Å². The number of aromatic nitrogens is 5. The van der Waals surface area contributed by atoms with E-state index in [1.807, 2.05) is 12.1 Å². The van der Waals surface area contributed by atoms with Crippen LogP contribution >= 0.6 is 0 Å². The van der Waals surface area contributed by atoms with E-state index in [0.29, 0.717) is 22.9 Å². The van der Waals surface area contributed by atoms with Gasteiger partial charge >= 0.3 is 0 Å². The van der Waals surface area contributed by atoms with E-state index >= 15 is 0 Å². The van der Waals surface area contributed by atoms with Gasteiger partial charge in [-0.05, 0) is 30.3 Å². The molecule has 1 fully saturated rings. The summed E-state index contributed by atoms with van der Waals surface area (Å²) >= 11 is 0. The molecule has 0 atom stereocenters. The SMILES string of the molecule is C=CC(=O)Nc1cnc2n[nH]c(-c3nc4ccc(N5CCOCC5)cc4[nH]3)c2c1. The molecule has 0 saturated carbocycles. The summed E-state index contributed by atoms with van der Waals surface area (Å²) in [7, 11) is 0. The number of carbonyl (C=O) groups is 1. The van der Waals surface area contributed by atoms with Crippen LogP contribution in [-0.4, -0.2) is 57.4 Å². The first-order chi connectivity index (χ1) is 14.2. The van der Waals surface area contributed by atoms with Gasteiger partial charge in [-0.15, -0.1) is 0 Å². The third-order valence-electron chi connectivity index (χ3n) is 4.94. The fourth-order valence-electron chi connectivity index (χ4n) is 3.48. The van der Waals surface area contributed by atoms with Crippen molar-refractivity contribution in [3.63, 3.8) is 0 Å². The Balaban J connectivity index is 1.52. The van der Waals surface area contributed by atoms with Crippen LogP contribution in [0.3, 0.4) is 0 Å². The molecule has 146 valence electrons. The number of imidazole rings is 1. The number of anilines is 2. The van der Waals surface area contributed by atoms with Crippen LogP contribution in [0, 0.1) is 0 Å². The zero-order valence-corrected chi connectivity index (χ0v) is 15.6. The summed E-state index contributed by atoms with van der Waals surface area (Å²) < 4.78 is 5.43. The van der Waals surface area contributed by atoms with Gasteiger partial charge in [-0.1, -0.05) is 6.58 Å². The number of morpholine rings is 1. The highest BCUT2D eigenvalue weighted by molar-refractivity contribution is 6.01. The molecule has 0 aliphatic carbocycles. The Kier molecular flexibility index (Phi) is 4.21. The normalized spacial score (nSPS) is 14.4. The Bertz CT molecular complexity index is 1220. The molecular formula is C20H19N7O2. The predicted octanol–water partition coefficient (Wildman–Crippen LogP) is 2.46. The second-order valence-corrected chi connectivity index (χ2v) is 6.77. The molecule has 5 rings (SSSR count). The highest BCUT2D eigenvalue weighted by atomic mass is 16.5. The molecule has 1 saturated heterocycles. The highest BCUT2D eigenvalue weighted by Gasteiger charge is 2.16. The zero-order valence-electron chi connectivity index (χ0n) is 15.6. The zero-order chi connectivity index (χ0) is 19.8. The van der Waals surface area contributed by atoms with Crippen LogP contribution in [0.5, 0.6) is 0 Å². The standard InChI is InChI=1S/C20H19N7O2/c1-2-17(28)22-12-9-14-18(25-26-19(14)21-11-12)20-23-15-4-3-13(10-16(15)24-20)27-5-7-29-8-6-27/h2-4,9-11H,1,5-8H2,(H,22,28)(H,23,24)(H,21,25,26). The van der Waals surface area contributed by atoms with Crippen molar-refractivity contribution in [1.29, 1.82) is 0 Å². The van der Waals surface area contributed by atoms with Crippen molar-refractivity contribution < 1.29 is 9.53 Å². The maximum absolute atomic E-state index is 11.6. The lowest BCUT2D eigenvalue weighted by Gasteiger charge is -2.28. The van der Waals surface area contributed by atoms with E-state index in [-0.39, 0.29) is 5.91 Å². The number of aromatic amines is 2. The van der Waals surface area contributed by atoms with Crippen molar-refractivity contribution in [2.45, 2.75) is 0 Å². The van der Waals surface area contributed by atoms with Gasteiger partial charge in [-0.3, -0.25) is 9.89 Å². The lowest BCUT2D eigenvalue weighted by atomic mass is 10.2. The van der Waals surface area contributed by atoms with Gasteiger partial charge in [0.15, 0.2) is 11.5 Å². The number of hydrogen-bond acceptors (Lipinski definition) is 6. The van der Waals surface area contributed by atoms with Crippen LogP contribution in [-0.2, 0) is 9.53 Å². The third-order valence-corrected chi connectivity index (χ3v) is 4.94. The van der Waals surface area contributed by atoms with Gasteiger partial charge in [0.2, 0.25) is 5.91 Å². The van der Waals surface area contributed by atoms with E-state index in [2.05, 4.69) is 49.1 Å². The predicted molar refractivity (Wildman–Crippen MR) is 111 cm³/mol. The molecule has 9 heteroatoms. The summed E-state index contributed by atoms with van der Waals surface area (Å²) in [6.07, 6.45) is 2.77. The van der Waals surface area contributed by atoms with Crippen LogP contribution in [0.4, 0.5) is 11.4 Å². The second kappa shape index (κ2) is 7.02. The first-order valence-corrected chi connectivity index (χ1v) is 9.31. The third kappa shape index (κ3) is 3.21. The Morgan fingerprint density at radius 3 is 2.97 bits per heavy atom. The Labute approximate surface area is 165 Å². The van der Waals surface area contributed by atoms with E-state index in [4.69, 9.17) is 9.72 Å². The number of benzene rings is 1. The quantitative estimate of drug-likeness (QED) is 0.462. The summed E-state index contributed by atoms with van der Waals surface area (Å²) in [5.41, 5.74) is 4.77. The van der Waals surface area contributed by atoms with Crippen molar-refractivity contribution in [3.05, 3.63) is 43.1 Å². The lowest BCUT2D eigenvalue weighted by Crippen LogP contribution is -2.36. The largest absolute Gasteiger partial charge is 0.378 e. The fraction of sp³-hybridized carbons (Fsp3) is 0.200. The van der Waals surface area contributed by atoms with Crippen LogP contribution in [0.1, 0.15) is 0 Å². The van der Waals surface area contributed by atoms with Gasteiger partial charge in [0.05, 0.1) is 41.5 Å². The number of amides is 1. The van der Waals surface area contributed by atoms with Crippen LogP contribution in [0.25, 0.3) is 33.6 Å². The van der Waals surface area contributed by atoms with Crippen LogP contribution in [0.2, 0.25) is 0 Å². The average Bonchev–Trinajstić information content (AvgIpc) is 3.37. The number of ether oxygens (including phenoxy) is 1. The minimum absolute atomic E-state index is 0.296. The number of fused-ring (bicyclic) bond motifs is 2. The molecule has 29 heavy (non-hydrogen) atoms. The lowest BCUT2D eigenvalue weighted by molar-refractivity contribution is -0.111. The van der Waals surface area contributed by atoms with Gasteiger partial charge in [-0.2, -0.15) is 5.10 Å². The highest BCUT2D eigenvalue weighted by Crippen LogP contribution is 2.29. The molecule has 3 aromatic heterocycles. The molecule has 1 aromatic carbocycles. The van der Waals surface area contributed by atoms with E-state index < -0.39 is 0 Å². The minimum atomic E-state index is -0.296. The van der Waals surface area contributed by atoms with Gasteiger partial charge in [-0.25, -0.2) is 9.97 Å². The number of nitrogens with one attached hydrogen (secondary N) is 3. The first-order valence-electron chi connectivity index (χ1n) is 9.31. The van der Waals surface area contributed by atoms with Gasteiger partial charge in [0, 0.05) is 18.8 Å². The Hall–Kier alpha value is -3.72. The molecule has 4 heterocycles. The van der Waals surface area contributed by atoms with E-state index in [1.165, 1.54) is 6.08 Å². The molecule has 1 aliphatic rings.